The Balaban J connectivity index is 1.82. The molecule has 22 heavy (non-hydrogen) atoms. The van der Waals surface area contributed by atoms with E-state index in [0.29, 0.717) is 18.8 Å². The van der Waals surface area contributed by atoms with Crippen LogP contribution < -0.4 is 0 Å². The second-order valence-corrected chi connectivity index (χ2v) is 4.84. The molecule has 3 rings (SSSR count). The predicted molar refractivity (Wildman–Crippen MR) is 77.4 cm³/mol. The lowest BCUT2D eigenvalue weighted by Crippen LogP contribution is -2.29. The van der Waals surface area contributed by atoms with E-state index in [4.69, 9.17) is 8.83 Å². The van der Waals surface area contributed by atoms with E-state index < -0.39 is 0 Å². The summed E-state index contributed by atoms with van der Waals surface area (Å²) >= 11 is 0. The number of carbonyl (C=O) groups excluding carboxylic acids is 1. The first-order chi connectivity index (χ1) is 10.7. The molecule has 0 radical (unpaired) electrons. The van der Waals surface area contributed by atoms with E-state index in [1.165, 1.54) is 18.4 Å². The van der Waals surface area contributed by atoms with Gasteiger partial charge in [-0.25, -0.2) is 4.39 Å². The molecule has 0 aliphatic heterocycles. The number of halogens is 1. The van der Waals surface area contributed by atoms with Crippen molar-refractivity contribution in [2.75, 3.05) is 0 Å². The second kappa shape index (κ2) is 6.30. The van der Waals surface area contributed by atoms with Crippen LogP contribution in [0.4, 0.5) is 4.39 Å². The van der Waals surface area contributed by atoms with Crippen LogP contribution in [0.25, 0.3) is 0 Å². The van der Waals surface area contributed by atoms with Gasteiger partial charge in [0.2, 0.25) is 0 Å². The van der Waals surface area contributed by atoms with E-state index in [1.54, 1.807) is 47.6 Å². The third-order valence-electron chi connectivity index (χ3n) is 3.23. The fourth-order valence-corrected chi connectivity index (χ4v) is 2.16. The summed E-state index contributed by atoms with van der Waals surface area (Å²) in [5, 5.41) is 0. The van der Waals surface area contributed by atoms with Crippen molar-refractivity contribution in [2.24, 2.45) is 0 Å². The van der Waals surface area contributed by atoms with Crippen molar-refractivity contribution in [3.8, 4) is 0 Å². The van der Waals surface area contributed by atoms with Crippen molar-refractivity contribution < 1.29 is 18.0 Å². The van der Waals surface area contributed by atoms with E-state index in [9.17, 15) is 9.18 Å². The molecule has 0 atom stereocenters. The van der Waals surface area contributed by atoms with Gasteiger partial charge in [-0.2, -0.15) is 0 Å². The summed E-state index contributed by atoms with van der Waals surface area (Å²) in [4.78, 5) is 14.1. The van der Waals surface area contributed by atoms with Gasteiger partial charge >= 0.3 is 0 Å². The van der Waals surface area contributed by atoms with Crippen LogP contribution in [-0.2, 0) is 13.1 Å². The molecular formula is C17H14FNO3. The highest BCUT2D eigenvalue weighted by Gasteiger charge is 2.20. The Hall–Kier alpha value is -2.82. The van der Waals surface area contributed by atoms with Gasteiger partial charge in [0.1, 0.15) is 11.6 Å². The molecule has 4 nitrogen and oxygen atoms in total. The van der Waals surface area contributed by atoms with Gasteiger partial charge in [-0.05, 0) is 42.0 Å². The maximum Gasteiger partial charge on any atom is 0.290 e. The van der Waals surface area contributed by atoms with E-state index in [0.717, 1.165) is 5.56 Å². The molecule has 5 heteroatoms. The zero-order valence-corrected chi connectivity index (χ0v) is 11.7. The predicted octanol–water partition coefficient (Wildman–Crippen LogP) is 3.85. The Morgan fingerprint density at radius 1 is 0.955 bits per heavy atom. The summed E-state index contributed by atoms with van der Waals surface area (Å²) < 4.78 is 23.5. The lowest BCUT2D eigenvalue weighted by molar-refractivity contribution is 0.0685. The molecule has 0 bridgehead atoms. The monoisotopic (exact) mass is 299 g/mol. The Bertz CT molecular complexity index is 718. The summed E-state index contributed by atoms with van der Waals surface area (Å²) in [5.74, 6) is 0.375. The number of rotatable bonds is 5. The number of hydrogen-bond donors (Lipinski definition) is 0. The normalized spacial score (nSPS) is 10.6. The minimum absolute atomic E-state index is 0.245. The Morgan fingerprint density at radius 3 is 2.32 bits per heavy atom. The maximum atomic E-state index is 13.0. The van der Waals surface area contributed by atoms with Crippen molar-refractivity contribution in [3.63, 3.8) is 0 Å². The molecule has 0 saturated heterocycles. The first-order valence-corrected chi connectivity index (χ1v) is 6.82. The van der Waals surface area contributed by atoms with E-state index >= 15 is 0 Å². The van der Waals surface area contributed by atoms with Crippen LogP contribution in [0.1, 0.15) is 21.9 Å². The minimum atomic E-state index is -0.307. The van der Waals surface area contributed by atoms with Gasteiger partial charge < -0.3 is 13.7 Å². The van der Waals surface area contributed by atoms with E-state index in [-0.39, 0.29) is 17.5 Å². The van der Waals surface area contributed by atoms with Crippen LogP contribution in [0.5, 0.6) is 0 Å². The van der Waals surface area contributed by atoms with Crippen LogP contribution in [0.2, 0.25) is 0 Å². The quantitative estimate of drug-likeness (QED) is 0.719. The number of hydrogen-bond acceptors (Lipinski definition) is 3. The van der Waals surface area contributed by atoms with Crippen LogP contribution in [0.15, 0.2) is 69.9 Å². The number of nitrogens with zero attached hydrogens (tertiary/aromatic N) is 1. The molecule has 0 aliphatic rings. The summed E-state index contributed by atoms with van der Waals surface area (Å²) in [5.41, 5.74) is 0.827. The zero-order chi connectivity index (χ0) is 15.4. The fraction of sp³-hybridized carbons (Fsp3) is 0.118. The fourth-order valence-electron chi connectivity index (χ4n) is 2.16. The zero-order valence-electron chi connectivity index (χ0n) is 11.7. The van der Waals surface area contributed by atoms with Gasteiger partial charge in [0.05, 0.1) is 19.1 Å². The first kappa shape index (κ1) is 14.1. The average molecular weight is 299 g/mol. The lowest BCUT2D eigenvalue weighted by atomic mass is 10.2. The van der Waals surface area contributed by atoms with E-state index in [1.807, 2.05) is 0 Å². The molecule has 0 aliphatic carbocycles. The van der Waals surface area contributed by atoms with Crippen molar-refractivity contribution in [1.29, 1.82) is 0 Å². The number of amides is 1. The Kier molecular flexibility index (Phi) is 4.05. The van der Waals surface area contributed by atoms with Crippen molar-refractivity contribution in [1.82, 2.24) is 4.90 Å². The maximum absolute atomic E-state index is 13.0. The van der Waals surface area contributed by atoms with Gasteiger partial charge in [-0.3, -0.25) is 4.79 Å². The van der Waals surface area contributed by atoms with Crippen LogP contribution in [-0.4, -0.2) is 10.8 Å². The lowest BCUT2D eigenvalue weighted by Gasteiger charge is -2.20. The molecule has 1 aromatic carbocycles. The van der Waals surface area contributed by atoms with Crippen molar-refractivity contribution >= 4 is 5.91 Å². The molecule has 0 saturated carbocycles. The standard InChI is InChI=1S/C17H14FNO3/c18-14-7-5-13(6-8-14)11-19(12-15-3-1-9-21-15)17(20)16-4-2-10-22-16/h1-10H,11-12H2. The Morgan fingerprint density at radius 2 is 1.68 bits per heavy atom. The van der Waals surface area contributed by atoms with Crippen LogP contribution >= 0.6 is 0 Å². The molecule has 0 spiro atoms. The van der Waals surface area contributed by atoms with Crippen molar-refractivity contribution in [2.45, 2.75) is 13.1 Å². The van der Waals surface area contributed by atoms with Gasteiger partial charge in [0.25, 0.3) is 5.91 Å². The molecule has 1 amide bonds. The van der Waals surface area contributed by atoms with Crippen molar-refractivity contribution in [3.05, 3.63) is 84.0 Å². The number of carbonyl (C=O) groups is 1. The van der Waals surface area contributed by atoms with Gasteiger partial charge in [-0.15, -0.1) is 0 Å². The molecule has 3 aromatic rings. The van der Waals surface area contributed by atoms with E-state index in [2.05, 4.69) is 0 Å². The highest BCUT2D eigenvalue weighted by atomic mass is 19.1. The third kappa shape index (κ3) is 3.25. The largest absolute Gasteiger partial charge is 0.467 e. The summed E-state index contributed by atoms with van der Waals surface area (Å²) in [6.45, 7) is 0.643. The number of benzene rings is 1. The molecule has 0 N–H and O–H groups in total. The van der Waals surface area contributed by atoms with Gasteiger partial charge in [0.15, 0.2) is 5.76 Å². The van der Waals surface area contributed by atoms with Crippen LogP contribution in [0.3, 0.4) is 0 Å². The highest BCUT2D eigenvalue weighted by Crippen LogP contribution is 2.15. The molecule has 2 heterocycles. The third-order valence-corrected chi connectivity index (χ3v) is 3.23. The molecule has 0 fully saturated rings. The SMILES string of the molecule is O=C(c1ccco1)N(Cc1ccc(F)cc1)Cc1ccco1. The molecule has 0 unspecified atom stereocenters. The summed E-state index contributed by atoms with van der Waals surface area (Å²) in [6.07, 6.45) is 3.01. The molecular weight excluding hydrogens is 285 g/mol. The second-order valence-electron chi connectivity index (χ2n) is 4.84. The Labute approximate surface area is 126 Å². The van der Waals surface area contributed by atoms with Crippen LogP contribution in [0, 0.1) is 5.82 Å². The minimum Gasteiger partial charge on any atom is -0.467 e. The van der Waals surface area contributed by atoms with Gasteiger partial charge in [-0.1, -0.05) is 12.1 Å². The average Bonchev–Trinajstić information content (AvgIpc) is 3.21. The highest BCUT2D eigenvalue weighted by molar-refractivity contribution is 5.91. The number of furan rings is 2. The van der Waals surface area contributed by atoms with Gasteiger partial charge in [0, 0.05) is 6.54 Å². The smallest absolute Gasteiger partial charge is 0.290 e. The first-order valence-electron chi connectivity index (χ1n) is 6.82. The molecule has 112 valence electrons. The summed E-state index contributed by atoms with van der Waals surface area (Å²) in [6, 6.07) is 12.9. The topological polar surface area (TPSA) is 46.6 Å². The molecule has 2 aromatic heterocycles. The summed E-state index contributed by atoms with van der Waals surface area (Å²) in [7, 11) is 0.